The van der Waals surface area contributed by atoms with E-state index in [0.717, 1.165) is 23.5 Å². The molecule has 0 spiro atoms. The minimum atomic E-state index is -3.92. The minimum Gasteiger partial charge on any atom is -0.495 e. The Morgan fingerprint density at radius 3 is 2.56 bits per heavy atom. The molecule has 0 aliphatic carbocycles. The number of hydrogen-bond donors (Lipinski definition) is 0. The van der Waals surface area contributed by atoms with Crippen molar-refractivity contribution in [3.05, 3.63) is 41.5 Å². The van der Waals surface area contributed by atoms with Crippen LogP contribution in [-0.4, -0.2) is 49.0 Å². The number of nitrogens with zero attached hydrogens (tertiary/aromatic N) is 3. The molecule has 1 aromatic heterocycles. The van der Waals surface area contributed by atoms with E-state index >= 15 is 0 Å². The number of rotatable bonds is 5. The molecular formula is C18H22FN3O4S. The molecule has 1 fully saturated rings. The highest BCUT2D eigenvalue weighted by Gasteiger charge is 2.33. The zero-order chi connectivity index (χ0) is 19.6. The first-order valence-electron chi connectivity index (χ1n) is 8.62. The van der Waals surface area contributed by atoms with Gasteiger partial charge in [-0.3, -0.25) is 0 Å². The monoisotopic (exact) mass is 395 g/mol. The van der Waals surface area contributed by atoms with Crippen molar-refractivity contribution >= 4 is 10.0 Å². The van der Waals surface area contributed by atoms with Crippen molar-refractivity contribution in [3.8, 4) is 11.8 Å². The third-order valence-corrected chi connectivity index (χ3v) is 6.20. The first-order valence-corrected chi connectivity index (χ1v) is 10.1. The van der Waals surface area contributed by atoms with Gasteiger partial charge in [-0.15, -0.1) is 0 Å². The van der Waals surface area contributed by atoms with Gasteiger partial charge in [-0.05, 0) is 51.0 Å². The van der Waals surface area contributed by atoms with Crippen molar-refractivity contribution in [2.75, 3.05) is 20.2 Å². The van der Waals surface area contributed by atoms with Crippen molar-refractivity contribution in [3.63, 3.8) is 0 Å². The molecule has 1 aromatic carbocycles. The SMILES string of the molecule is COc1ccc(F)cc1S(=O)(=O)N1CCC[C@@H](Oc2nc(C)cc(C)n2)C1. The van der Waals surface area contributed by atoms with Crippen molar-refractivity contribution < 1.29 is 22.3 Å². The molecule has 2 aromatic rings. The summed E-state index contributed by atoms with van der Waals surface area (Å²) in [5.41, 5.74) is 1.56. The van der Waals surface area contributed by atoms with Crippen LogP contribution in [0.3, 0.4) is 0 Å². The third kappa shape index (κ3) is 4.36. The topological polar surface area (TPSA) is 81.6 Å². The zero-order valence-corrected chi connectivity index (χ0v) is 16.3. The molecule has 146 valence electrons. The van der Waals surface area contributed by atoms with Crippen LogP contribution in [0, 0.1) is 19.7 Å². The van der Waals surface area contributed by atoms with E-state index in [2.05, 4.69) is 9.97 Å². The average Bonchev–Trinajstić information content (AvgIpc) is 2.61. The van der Waals surface area contributed by atoms with Crippen LogP contribution in [0.15, 0.2) is 29.2 Å². The van der Waals surface area contributed by atoms with Gasteiger partial charge in [0.1, 0.15) is 22.6 Å². The predicted octanol–water partition coefficient (Wildman–Crippen LogP) is 2.47. The summed E-state index contributed by atoms with van der Waals surface area (Å²) in [6.07, 6.45) is 0.920. The van der Waals surface area contributed by atoms with Gasteiger partial charge >= 0.3 is 6.01 Å². The van der Waals surface area contributed by atoms with Crippen molar-refractivity contribution in [1.82, 2.24) is 14.3 Å². The molecule has 1 atom stereocenters. The van der Waals surface area contributed by atoms with Gasteiger partial charge in [-0.1, -0.05) is 0 Å². The zero-order valence-electron chi connectivity index (χ0n) is 15.5. The summed E-state index contributed by atoms with van der Waals surface area (Å²) in [6.45, 7) is 4.15. The molecule has 1 aliphatic heterocycles. The van der Waals surface area contributed by atoms with E-state index in [4.69, 9.17) is 9.47 Å². The molecule has 0 amide bonds. The number of benzene rings is 1. The fourth-order valence-corrected chi connectivity index (χ4v) is 4.78. The molecule has 0 radical (unpaired) electrons. The summed E-state index contributed by atoms with van der Waals surface area (Å²) in [6, 6.07) is 5.52. The highest BCUT2D eigenvalue weighted by molar-refractivity contribution is 7.89. The van der Waals surface area contributed by atoms with E-state index in [1.165, 1.54) is 17.5 Å². The fourth-order valence-electron chi connectivity index (χ4n) is 3.11. The molecule has 3 rings (SSSR count). The molecule has 2 heterocycles. The van der Waals surface area contributed by atoms with E-state index in [1.807, 2.05) is 19.9 Å². The minimum absolute atomic E-state index is 0.108. The number of piperidine rings is 1. The van der Waals surface area contributed by atoms with Crippen LogP contribution in [0.1, 0.15) is 24.2 Å². The lowest BCUT2D eigenvalue weighted by atomic mass is 10.1. The lowest BCUT2D eigenvalue weighted by molar-refractivity contribution is 0.118. The maximum absolute atomic E-state index is 13.6. The van der Waals surface area contributed by atoms with Crippen molar-refractivity contribution in [2.24, 2.45) is 0 Å². The van der Waals surface area contributed by atoms with E-state index in [1.54, 1.807) is 0 Å². The van der Waals surface area contributed by atoms with Crippen LogP contribution in [0.4, 0.5) is 4.39 Å². The summed E-state index contributed by atoms with van der Waals surface area (Å²) >= 11 is 0. The highest BCUT2D eigenvalue weighted by Crippen LogP contribution is 2.29. The van der Waals surface area contributed by atoms with Gasteiger partial charge in [0.15, 0.2) is 0 Å². The fraction of sp³-hybridized carbons (Fsp3) is 0.444. The molecule has 1 aliphatic rings. The highest BCUT2D eigenvalue weighted by atomic mass is 32.2. The van der Waals surface area contributed by atoms with Gasteiger partial charge in [-0.2, -0.15) is 4.31 Å². The molecule has 0 unspecified atom stereocenters. The van der Waals surface area contributed by atoms with E-state index in [0.29, 0.717) is 19.4 Å². The number of hydrogen-bond acceptors (Lipinski definition) is 6. The first kappa shape index (κ1) is 19.5. The Bertz CT molecular complexity index is 916. The van der Waals surface area contributed by atoms with Gasteiger partial charge in [0.2, 0.25) is 10.0 Å². The molecule has 9 heteroatoms. The van der Waals surface area contributed by atoms with Crippen LogP contribution in [0.25, 0.3) is 0 Å². The number of aromatic nitrogens is 2. The molecule has 0 N–H and O–H groups in total. The summed E-state index contributed by atoms with van der Waals surface area (Å²) < 4.78 is 51.9. The number of ether oxygens (including phenoxy) is 2. The molecule has 1 saturated heterocycles. The Hall–Kier alpha value is -2.26. The van der Waals surface area contributed by atoms with Gasteiger partial charge in [0.25, 0.3) is 0 Å². The Kier molecular flexibility index (Phi) is 5.61. The van der Waals surface area contributed by atoms with Crippen LogP contribution in [0.2, 0.25) is 0 Å². The summed E-state index contributed by atoms with van der Waals surface area (Å²) in [7, 11) is -2.57. The smallest absolute Gasteiger partial charge is 0.317 e. The van der Waals surface area contributed by atoms with E-state index < -0.39 is 15.8 Å². The van der Waals surface area contributed by atoms with Gasteiger partial charge < -0.3 is 9.47 Å². The Labute approximate surface area is 158 Å². The molecule has 27 heavy (non-hydrogen) atoms. The standard InChI is InChI=1S/C18H22FN3O4S/c1-12-9-13(2)21-18(20-12)26-15-5-4-8-22(11-15)27(23,24)17-10-14(19)6-7-16(17)25-3/h6-7,9-10,15H,4-5,8,11H2,1-3H3/t15-/m1/s1. The van der Waals surface area contributed by atoms with Crippen LogP contribution in [-0.2, 0) is 10.0 Å². The largest absolute Gasteiger partial charge is 0.495 e. The third-order valence-electron chi connectivity index (χ3n) is 4.32. The Balaban J connectivity index is 1.82. The van der Waals surface area contributed by atoms with E-state index in [-0.39, 0.29) is 29.3 Å². The quantitative estimate of drug-likeness (QED) is 0.774. The predicted molar refractivity (Wildman–Crippen MR) is 96.9 cm³/mol. The van der Waals surface area contributed by atoms with Gasteiger partial charge in [-0.25, -0.2) is 22.8 Å². The Morgan fingerprint density at radius 1 is 1.19 bits per heavy atom. The molecule has 0 saturated carbocycles. The molecule has 0 bridgehead atoms. The van der Waals surface area contributed by atoms with Gasteiger partial charge in [0.05, 0.1) is 13.7 Å². The second-order valence-corrected chi connectivity index (χ2v) is 8.38. The molecule has 7 nitrogen and oxygen atoms in total. The average molecular weight is 395 g/mol. The summed E-state index contributed by atoms with van der Waals surface area (Å²) in [5.74, 6) is -0.528. The van der Waals surface area contributed by atoms with Crippen LogP contribution in [0.5, 0.6) is 11.8 Å². The van der Waals surface area contributed by atoms with Crippen molar-refractivity contribution in [2.45, 2.75) is 37.7 Å². The van der Waals surface area contributed by atoms with Crippen LogP contribution >= 0.6 is 0 Å². The lowest BCUT2D eigenvalue weighted by Crippen LogP contribution is -2.44. The number of methoxy groups -OCH3 is 1. The normalized spacial score (nSPS) is 18.3. The molecular weight excluding hydrogens is 373 g/mol. The maximum Gasteiger partial charge on any atom is 0.317 e. The lowest BCUT2D eigenvalue weighted by Gasteiger charge is -2.31. The summed E-state index contributed by atoms with van der Waals surface area (Å²) in [5, 5.41) is 0. The summed E-state index contributed by atoms with van der Waals surface area (Å²) in [4.78, 5) is 8.30. The second-order valence-electron chi connectivity index (χ2n) is 6.47. The number of aryl methyl sites for hydroxylation is 2. The first-order chi connectivity index (χ1) is 12.8. The van der Waals surface area contributed by atoms with Crippen molar-refractivity contribution in [1.29, 1.82) is 0 Å². The van der Waals surface area contributed by atoms with Gasteiger partial charge in [0, 0.05) is 17.9 Å². The van der Waals surface area contributed by atoms with E-state index in [9.17, 15) is 12.8 Å². The second kappa shape index (κ2) is 7.77. The Morgan fingerprint density at radius 2 is 1.89 bits per heavy atom. The number of sulfonamides is 1. The van der Waals surface area contributed by atoms with Crippen LogP contribution < -0.4 is 9.47 Å². The number of halogens is 1. The maximum atomic E-state index is 13.6.